The largest absolute Gasteiger partial charge is 0.497 e. The van der Waals surface area contributed by atoms with Gasteiger partial charge < -0.3 is 10.1 Å². The van der Waals surface area contributed by atoms with Crippen LogP contribution in [0.4, 0.5) is 5.69 Å². The minimum absolute atomic E-state index is 0.226. The number of hydrogen-bond donors (Lipinski definition) is 1. The van der Waals surface area contributed by atoms with E-state index in [4.69, 9.17) is 10.00 Å². The van der Waals surface area contributed by atoms with Gasteiger partial charge in [0.05, 0.1) is 30.0 Å². The highest BCUT2D eigenvalue weighted by molar-refractivity contribution is 6.05. The molecular weight excluding hydrogens is 440 g/mol. The van der Waals surface area contributed by atoms with Gasteiger partial charge in [0.1, 0.15) is 17.5 Å². The highest BCUT2D eigenvalue weighted by Gasteiger charge is 2.29. The highest BCUT2D eigenvalue weighted by atomic mass is 16.5. The summed E-state index contributed by atoms with van der Waals surface area (Å²) in [5.41, 5.74) is 4.51. The van der Waals surface area contributed by atoms with E-state index in [-0.39, 0.29) is 5.78 Å². The lowest BCUT2D eigenvalue weighted by Gasteiger charge is -2.17. The number of carbonyl (C=O) groups excluding carboxylic acids is 1. The van der Waals surface area contributed by atoms with Crippen LogP contribution in [0.1, 0.15) is 27.8 Å². The van der Waals surface area contributed by atoms with E-state index in [9.17, 15) is 4.79 Å². The fourth-order valence-corrected chi connectivity index (χ4v) is 4.00. The van der Waals surface area contributed by atoms with Crippen molar-refractivity contribution in [2.45, 2.75) is 6.04 Å². The highest BCUT2D eigenvalue weighted by Crippen LogP contribution is 2.30. The molecule has 0 fully saturated rings. The zero-order chi connectivity index (χ0) is 24.4. The molecule has 0 saturated carbocycles. The van der Waals surface area contributed by atoms with Crippen molar-refractivity contribution in [1.29, 1.82) is 5.26 Å². The molecule has 0 bridgehead atoms. The molecule has 1 unspecified atom stereocenters. The first-order valence-corrected chi connectivity index (χ1v) is 11.0. The minimum Gasteiger partial charge on any atom is -0.497 e. The molecule has 0 aliphatic heterocycles. The van der Waals surface area contributed by atoms with Gasteiger partial charge in [-0.1, -0.05) is 24.3 Å². The fourth-order valence-electron chi connectivity index (χ4n) is 4.00. The summed E-state index contributed by atoms with van der Waals surface area (Å²) in [7, 11) is 3.38. The van der Waals surface area contributed by atoms with Crippen molar-refractivity contribution >= 4 is 17.0 Å². The molecule has 0 saturated heterocycles. The molecule has 1 atom stereocenters. The summed E-state index contributed by atoms with van der Waals surface area (Å²) in [5.74, 6) is 0.448. The predicted octanol–water partition coefficient (Wildman–Crippen LogP) is 4.65. The lowest BCUT2D eigenvalue weighted by molar-refractivity contribution is 0.0963. The van der Waals surface area contributed by atoms with Gasteiger partial charge >= 0.3 is 0 Å². The van der Waals surface area contributed by atoms with Crippen LogP contribution < -0.4 is 10.1 Å². The number of ketones is 1. The normalized spacial score (nSPS) is 11.7. The number of nitriles is 1. The first kappa shape index (κ1) is 21.9. The lowest BCUT2D eigenvalue weighted by atomic mass is 9.98. The van der Waals surface area contributed by atoms with Gasteiger partial charge in [0.15, 0.2) is 0 Å². The molecule has 3 aromatic heterocycles. The summed E-state index contributed by atoms with van der Waals surface area (Å²) in [6.45, 7) is 0. The van der Waals surface area contributed by atoms with Crippen molar-refractivity contribution in [3.05, 3.63) is 102 Å². The Balaban J connectivity index is 1.59. The number of rotatable bonds is 7. The lowest BCUT2D eigenvalue weighted by Crippen LogP contribution is -2.23. The number of fused-ring (bicyclic) bond motifs is 1. The second-order valence-electron chi connectivity index (χ2n) is 8.07. The monoisotopic (exact) mass is 462 g/mol. The average molecular weight is 463 g/mol. The SMILES string of the molecule is COc1cccc(NC(C(=O)c2nn(C)cc2-c2ccc(C#N)cc2)c2cc3ccccn3n2)c1. The maximum Gasteiger partial charge on any atom is 0.212 e. The summed E-state index contributed by atoms with van der Waals surface area (Å²) in [4.78, 5) is 14.0. The van der Waals surface area contributed by atoms with Crippen LogP contribution in [0.15, 0.2) is 85.2 Å². The van der Waals surface area contributed by atoms with Crippen molar-refractivity contribution in [3.8, 4) is 22.9 Å². The van der Waals surface area contributed by atoms with Crippen LogP contribution in [-0.4, -0.2) is 32.3 Å². The second-order valence-corrected chi connectivity index (χ2v) is 8.07. The molecule has 5 aromatic rings. The van der Waals surface area contributed by atoms with E-state index < -0.39 is 6.04 Å². The quantitative estimate of drug-likeness (QED) is 0.354. The van der Waals surface area contributed by atoms with E-state index in [1.165, 1.54) is 0 Å². The van der Waals surface area contributed by atoms with Gasteiger partial charge in [-0.2, -0.15) is 15.5 Å². The molecular formula is C27H22N6O2. The summed E-state index contributed by atoms with van der Waals surface area (Å²) in [6, 6.07) is 23.5. The molecule has 0 amide bonds. The Labute approximate surface area is 202 Å². The molecule has 5 rings (SSSR count). The van der Waals surface area contributed by atoms with E-state index in [0.717, 1.165) is 16.8 Å². The first-order valence-electron chi connectivity index (χ1n) is 11.0. The number of aromatic nitrogens is 4. The van der Waals surface area contributed by atoms with Crippen molar-refractivity contribution in [1.82, 2.24) is 19.4 Å². The van der Waals surface area contributed by atoms with E-state index in [1.54, 1.807) is 41.7 Å². The number of aryl methyl sites for hydroxylation is 1. The Hall–Kier alpha value is -4.90. The Morgan fingerprint density at radius 3 is 2.63 bits per heavy atom. The number of anilines is 1. The number of hydrogen-bond acceptors (Lipinski definition) is 6. The van der Waals surface area contributed by atoms with E-state index in [0.29, 0.717) is 28.3 Å². The zero-order valence-corrected chi connectivity index (χ0v) is 19.2. The van der Waals surface area contributed by atoms with Crippen molar-refractivity contribution in [3.63, 3.8) is 0 Å². The third kappa shape index (κ3) is 4.35. The van der Waals surface area contributed by atoms with Gasteiger partial charge in [-0.15, -0.1) is 0 Å². The number of ether oxygens (including phenoxy) is 1. The second kappa shape index (κ2) is 9.15. The van der Waals surface area contributed by atoms with Crippen LogP contribution in [0.25, 0.3) is 16.6 Å². The van der Waals surface area contributed by atoms with Gasteiger partial charge in [0.2, 0.25) is 5.78 Å². The zero-order valence-electron chi connectivity index (χ0n) is 19.2. The van der Waals surface area contributed by atoms with Crippen LogP contribution in [0.3, 0.4) is 0 Å². The molecule has 0 aliphatic rings. The molecule has 35 heavy (non-hydrogen) atoms. The summed E-state index contributed by atoms with van der Waals surface area (Å²) < 4.78 is 8.71. The molecule has 3 heterocycles. The number of pyridine rings is 1. The molecule has 8 heteroatoms. The van der Waals surface area contributed by atoms with Gasteiger partial charge in [-0.25, -0.2) is 4.52 Å². The maximum atomic E-state index is 14.0. The van der Waals surface area contributed by atoms with Gasteiger partial charge in [0.25, 0.3) is 0 Å². The van der Waals surface area contributed by atoms with E-state index in [1.807, 2.05) is 66.9 Å². The van der Waals surface area contributed by atoms with E-state index in [2.05, 4.69) is 21.6 Å². The number of nitrogens with zero attached hydrogens (tertiary/aromatic N) is 5. The number of methoxy groups -OCH3 is 1. The fraction of sp³-hybridized carbons (Fsp3) is 0.111. The number of benzene rings is 2. The predicted molar refractivity (Wildman–Crippen MR) is 132 cm³/mol. The van der Waals surface area contributed by atoms with Crippen LogP contribution in [-0.2, 0) is 7.05 Å². The minimum atomic E-state index is -0.797. The number of Topliss-reactive ketones (excluding diaryl/α,β-unsaturated/α-hetero) is 1. The Bertz CT molecular complexity index is 1530. The summed E-state index contributed by atoms with van der Waals surface area (Å²) >= 11 is 0. The van der Waals surface area contributed by atoms with Crippen LogP contribution in [0, 0.1) is 11.3 Å². The molecule has 0 radical (unpaired) electrons. The number of nitrogens with one attached hydrogen (secondary N) is 1. The smallest absolute Gasteiger partial charge is 0.212 e. The van der Waals surface area contributed by atoms with Crippen LogP contribution in [0.2, 0.25) is 0 Å². The molecule has 0 aliphatic carbocycles. The molecule has 2 aromatic carbocycles. The Morgan fingerprint density at radius 1 is 1.06 bits per heavy atom. The van der Waals surface area contributed by atoms with Crippen molar-refractivity contribution in [2.24, 2.45) is 7.05 Å². The van der Waals surface area contributed by atoms with Crippen molar-refractivity contribution < 1.29 is 9.53 Å². The maximum absolute atomic E-state index is 14.0. The molecule has 1 N–H and O–H groups in total. The number of carbonyl (C=O) groups is 1. The van der Waals surface area contributed by atoms with Gasteiger partial charge in [0, 0.05) is 36.8 Å². The average Bonchev–Trinajstić information content (AvgIpc) is 3.50. The molecule has 8 nitrogen and oxygen atoms in total. The standard InChI is InChI=1S/C27H22N6O2/c1-32-17-23(19-11-9-18(16-28)10-12-19)25(31-32)27(34)26(29-20-6-5-8-22(14-20)35-2)24-15-21-7-3-4-13-33(21)30-24/h3-15,17,26,29H,1-2H3. The topological polar surface area (TPSA) is 97.2 Å². The van der Waals surface area contributed by atoms with Gasteiger partial charge in [-0.3, -0.25) is 9.48 Å². The third-order valence-electron chi connectivity index (χ3n) is 5.71. The molecule has 172 valence electrons. The third-order valence-corrected chi connectivity index (χ3v) is 5.71. The Morgan fingerprint density at radius 2 is 1.89 bits per heavy atom. The summed E-state index contributed by atoms with van der Waals surface area (Å²) in [5, 5.41) is 21.6. The van der Waals surface area contributed by atoms with E-state index >= 15 is 0 Å². The summed E-state index contributed by atoms with van der Waals surface area (Å²) in [6.07, 6.45) is 3.65. The van der Waals surface area contributed by atoms with Gasteiger partial charge in [-0.05, 0) is 48.0 Å². The van der Waals surface area contributed by atoms with Crippen LogP contribution in [0.5, 0.6) is 5.75 Å². The molecule has 0 spiro atoms. The van der Waals surface area contributed by atoms with Crippen molar-refractivity contribution in [2.75, 3.05) is 12.4 Å². The van der Waals surface area contributed by atoms with Crippen LogP contribution >= 0.6 is 0 Å². The first-order chi connectivity index (χ1) is 17.1. The Kier molecular flexibility index (Phi) is 5.73.